The van der Waals surface area contributed by atoms with E-state index in [4.69, 9.17) is 16.0 Å². The molecule has 1 aliphatic rings. The average molecular weight is 322 g/mol. The van der Waals surface area contributed by atoms with Gasteiger partial charge in [0.05, 0.1) is 10.6 Å². The maximum atomic E-state index is 11.7. The van der Waals surface area contributed by atoms with Crippen molar-refractivity contribution in [2.45, 2.75) is 39.2 Å². The van der Waals surface area contributed by atoms with E-state index >= 15 is 0 Å². The summed E-state index contributed by atoms with van der Waals surface area (Å²) in [5.74, 6) is 0.0205. The van der Waals surface area contributed by atoms with Crippen molar-refractivity contribution in [1.29, 1.82) is 0 Å². The molecular weight excluding hydrogens is 302 g/mol. The third kappa shape index (κ3) is 2.99. The molecule has 1 saturated heterocycles. The summed E-state index contributed by atoms with van der Waals surface area (Å²) in [6.45, 7) is 4.38. The zero-order valence-corrected chi connectivity index (χ0v) is 13.4. The van der Waals surface area contributed by atoms with Crippen LogP contribution in [0.2, 0.25) is 5.02 Å². The molecule has 1 aromatic carbocycles. The van der Waals surface area contributed by atoms with Gasteiger partial charge in [-0.1, -0.05) is 24.4 Å². The van der Waals surface area contributed by atoms with Crippen LogP contribution in [0.15, 0.2) is 21.3 Å². The molecule has 1 fully saturated rings. The highest BCUT2D eigenvalue weighted by atomic mass is 35.5. The highest BCUT2D eigenvalue weighted by Crippen LogP contribution is 2.36. The van der Waals surface area contributed by atoms with Gasteiger partial charge in [0.2, 0.25) is 0 Å². The summed E-state index contributed by atoms with van der Waals surface area (Å²) in [5, 5.41) is 11.4. The molecule has 0 radical (unpaired) electrons. The van der Waals surface area contributed by atoms with Crippen LogP contribution in [-0.4, -0.2) is 23.1 Å². The Morgan fingerprint density at radius 2 is 1.91 bits per heavy atom. The molecule has 0 amide bonds. The van der Waals surface area contributed by atoms with Crippen molar-refractivity contribution >= 4 is 22.6 Å². The SMILES string of the molecule is Cc1cc(=O)oc2c(CN3CCCCCC3)c(O)c(Cl)cc12. The van der Waals surface area contributed by atoms with Gasteiger partial charge < -0.3 is 9.52 Å². The summed E-state index contributed by atoms with van der Waals surface area (Å²) in [4.78, 5) is 14.0. The molecule has 22 heavy (non-hydrogen) atoms. The molecule has 2 aromatic rings. The van der Waals surface area contributed by atoms with Gasteiger partial charge in [0.25, 0.3) is 0 Å². The van der Waals surface area contributed by atoms with Crippen molar-refractivity contribution in [3.63, 3.8) is 0 Å². The second-order valence-electron chi connectivity index (χ2n) is 6.00. The maximum absolute atomic E-state index is 11.7. The molecule has 118 valence electrons. The maximum Gasteiger partial charge on any atom is 0.336 e. The van der Waals surface area contributed by atoms with Crippen molar-refractivity contribution < 1.29 is 9.52 Å². The number of likely N-dealkylation sites (tertiary alicyclic amines) is 1. The van der Waals surface area contributed by atoms with Crippen molar-refractivity contribution in [2.75, 3.05) is 13.1 Å². The van der Waals surface area contributed by atoms with E-state index in [1.165, 1.54) is 18.9 Å². The number of phenolic OH excluding ortho intramolecular Hbond substituents is 1. The monoisotopic (exact) mass is 321 g/mol. The molecule has 1 N–H and O–H groups in total. The van der Waals surface area contributed by atoms with E-state index in [9.17, 15) is 9.90 Å². The Morgan fingerprint density at radius 1 is 1.23 bits per heavy atom. The summed E-state index contributed by atoms with van der Waals surface area (Å²) in [7, 11) is 0. The summed E-state index contributed by atoms with van der Waals surface area (Å²) >= 11 is 6.17. The normalized spacial score (nSPS) is 16.8. The van der Waals surface area contributed by atoms with E-state index in [1.54, 1.807) is 6.07 Å². The van der Waals surface area contributed by atoms with Gasteiger partial charge in [0.1, 0.15) is 11.3 Å². The van der Waals surface area contributed by atoms with Gasteiger partial charge in [-0.2, -0.15) is 0 Å². The highest BCUT2D eigenvalue weighted by Gasteiger charge is 2.19. The Bertz CT molecular complexity index is 746. The molecule has 1 aromatic heterocycles. The number of benzene rings is 1. The molecule has 0 unspecified atom stereocenters. The summed E-state index contributed by atoms with van der Waals surface area (Å²) in [5.41, 5.74) is 1.48. The van der Waals surface area contributed by atoms with Gasteiger partial charge in [-0.15, -0.1) is 0 Å². The number of fused-ring (bicyclic) bond motifs is 1. The molecule has 5 heteroatoms. The zero-order valence-electron chi connectivity index (χ0n) is 12.7. The fourth-order valence-corrected chi connectivity index (χ4v) is 3.36. The van der Waals surface area contributed by atoms with E-state index < -0.39 is 5.63 Å². The minimum atomic E-state index is -0.399. The molecule has 4 nitrogen and oxygen atoms in total. The van der Waals surface area contributed by atoms with E-state index in [0.29, 0.717) is 22.7 Å². The predicted molar refractivity (Wildman–Crippen MR) is 87.6 cm³/mol. The van der Waals surface area contributed by atoms with E-state index in [0.717, 1.165) is 36.9 Å². The predicted octanol–water partition coefficient (Wildman–Crippen LogP) is 3.84. The molecular formula is C17H20ClNO3. The number of nitrogens with zero attached hydrogens (tertiary/aromatic N) is 1. The Kier molecular flexibility index (Phi) is 4.41. The lowest BCUT2D eigenvalue weighted by Crippen LogP contribution is -2.24. The van der Waals surface area contributed by atoms with Crippen LogP contribution in [-0.2, 0) is 6.54 Å². The van der Waals surface area contributed by atoms with Crippen molar-refractivity contribution in [2.24, 2.45) is 0 Å². The van der Waals surface area contributed by atoms with Gasteiger partial charge in [-0.25, -0.2) is 4.79 Å². The molecule has 0 bridgehead atoms. The number of aryl methyl sites for hydroxylation is 1. The molecule has 1 aliphatic heterocycles. The quantitative estimate of drug-likeness (QED) is 0.854. The van der Waals surface area contributed by atoms with Gasteiger partial charge >= 0.3 is 5.63 Å². The minimum Gasteiger partial charge on any atom is -0.506 e. The number of hydrogen-bond acceptors (Lipinski definition) is 4. The number of rotatable bonds is 2. The first-order chi connectivity index (χ1) is 10.6. The third-order valence-corrected chi connectivity index (χ3v) is 4.63. The van der Waals surface area contributed by atoms with Crippen LogP contribution in [0.25, 0.3) is 11.0 Å². The van der Waals surface area contributed by atoms with Crippen LogP contribution >= 0.6 is 11.6 Å². The van der Waals surface area contributed by atoms with E-state index in [2.05, 4.69) is 4.90 Å². The number of phenols is 1. The van der Waals surface area contributed by atoms with Crippen LogP contribution in [0.5, 0.6) is 5.75 Å². The second-order valence-corrected chi connectivity index (χ2v) is 6.41. The smallest absolute Gasteiger partial charge is 0.336 e. The Morgan fingerprint density at radius 3 is 2.59 bits per heavy atom. The largest absolute Gasteiger partial charge is 0.506 e. The minimum absolute atomic E-state index is 0.0205. The van der Waals surface area contributed by atoms with Crippen LogP contribution in [0, 0.1) is 6.92 Å². The molecule has 0 aliphatic carbocycles. The van der Waals surface area contributed by atoms with Crippen LogP contribution in [0.3, 0.4) is 0 Å². The highest BCUT2D eigenvalue weighted by molar-refractivity contribution is 6.33. The first-order valence-corrected chi connectivity index (χ1v) is 8.11. The summed E-state index contributed by atoms with van der Waals surface area (Å²) < 4.78 is 5.38. The fraction of sp³-hybridized carbons (Fsp3) is 0.471. The number of halogens is 1. The van der Waals surface area contributed by atoms with Gasteiger partial charge in [0, 0.05) is 18.0 Å². The lowest BCUT2D eigenvalue weighted by molar-refractivity contribution is 0.272. The Balaban J connectivity index is 2.10. The van der Waals surface area contributed by atoms with Crippen molar-refractivity contribution in [3.05, 3.63) is 38.7 Å². The zero-order chi connectivity index (χ0) is 15.7. The molecule has 0 saturated carbocycles. The lowest BCUT2D eigenvalue weighted by atomic mass is 10.1. The van der Waals surface area contributed by atoms with Gasteiger partial charge in [0.15, 0.2) is 0 Å². The van der Waals surface area contributed by atoms with E-state index in [1.807, 2.05) is 6.92 Å². The van der Waals surface area contributed by atoms with Crippen LogP contribution < -0.4 is 5.63 Å². The topological polar surface area (TPSA) is 53.7 Å². The molecule has 0 atom stereocenters. The molecule has 2 heterocycles. The Hall–Kier alpha value is -1.52. The third-order valence-electron chi connectivity index (χ3n) is 4.34. The fourth-order valence-electron chi connectivity index (χ4n) is 3.13. The van der Waals surface area contributed by atoms with Crippen LogP contribution in [0.1, 0.15) is 36.8 Å². The summed E-state index contributed by atoms with van der Waals surface area (Å²) in [6, 6.07) is 3.11. The first kappa shape index (κ1) is 15.4. The number of aromatic hydroxyl groups is 1. The summed E-state index contributed by atoms with van der Waals surface area (Å²) in [6.07, 6.45) is 4.80. The first-order valence-electron chi connectivity index (χ1n) is 7.73. The van der Waals surface area contributed by atoms with Crippen molar-refractivity contribution in [3.8, 4) is 5.75 Å². The second kappa shape index (κ2) is 6.31. The molecule has 3 rings (SSSR count). The van der Waals surface area contributed by atoms with Crippen LogP contribution in [0.4, 0.5) is 0 Å². The average Bonchev–Trinajstić information content (AvgIpc) is 2.74. The number of hydrogen-bond donors (Lipinski definition) is 1. The van der Waals surface area contributed by atoms with Gasteiger partial charge in [-0.3, -0.25) is 4.90 Å². The standard InChI is InChI=1S/C17H20ClNO3/c1-11-8-15(20)22-17-12(11)9-14(18)16(21)13(17)10-19-6-4-2-3-5-7-19/h8-9,21H,2-7,10H2,1H3. The Labute approximate surface area is 134 Å². The lowest BCUT2D eigenvalue weighted by Gasteiger charge is -2.21. The van der Waals surface area contributed by atoms with Crippen molar-refractivity contribution in [1.82, 2.24) is 4.90 Å². The van der Waals surface area contributed by atoms with E-state index in [-0.39, 0.29) is 5.75 Å². The van der Waals surface area contributed by atoms with Gasteiger partial charge in [-0.05, 0) is 44.5 Å². The molecule has 0 spiro atoms.